The number of carbonyl (C=O) groups excluding carboxylic acids is 1. The van der Waals surface area contributed by atoms with E-state index in [2.05, 4.69) is 28.6 Å². The van der Waals surface area contributed by atoms with Gasteiger partial charge in [0.1, 0.15) is 0 Å². The van der Waals surface area contributed by atoms with Gasteiger partial charge in [-0.1, -0.05) is 30.3 Å². The van der Waals surface area contributed by atoms with Crippen molar-refractivity contribution < 1.29 is 4.79 Å². The van der Waals surface area contributed by atoms with Crippen molar-refractivity contribution in [3.8, 4) is 0 Å². The molecule has 0 aliphatic heterocycles. The van der Waals surface area contributed by atoms with Gasteiger partial charge in [0.2, 0.25) is 5.91 Å². The molecule has 1 aliphatic rings. The number of carbonyl (C=O) groups is 1. The number of hydrogen-bond acceptors (Lipinski definition) is 2. The molecule has 1 heterocycles. The molecule has 1 aliphatic carbocycles. The second-order valence-electron chi connectivity index (χ2n) is 6.07. The van der Waals surface area contributed by atoms with Gasteiger partial charge in [-0.3, -0.25) is 9.48 Å². The topological polar surface area (TPSA) is 46.9 Å². The van der Waals surface area contributed by atoms with E-state index in [1.165, 1.54) is 24.1 Å². The molecule has 0 spiro atoms. The lowest BCUT2D eigenvalue weighted by atomic mass is 10.1. The van der Waals surface area contributed by atoms with Gasteiger partial charge >= 0.3 is 0 Å². The van der Waals surface area contributed by atoms with Gasteiger partial charge in [0.25, 0.3) is 0 Å². The second kappa shape index (κ2) is 6.77. The highest BCUT2D eigenvalue weighted by atomic mass is 16.1. The summed E-state index contributed by atoms with van der Waals surface area (Å²) in [5.41, 5.74) is 3.54. The standard InChI is InChI=1S/C18H23N3O/c1-21-17(15-10-11-15)12-16(20-21)13-19-18(22)9-5-8-14-6-3-2-4-7-14/h2-4,6-7,12,15H,5,8-11,13H2,1H3,(H,19,22). The fraction of sp³-hybridized carbons (Fsp3) is 0.444. The Hall–Kier alpha value is -2.10. The van der Waals surface area contributed by atoms with Crippen molar-refractivity contribution in [1.29, 1.82) is 0 Å². The van der Waals surface area contributed by atoms with Gasteiger partial charge in [-0.25, -0.2) is 0 Å². The van der Waals surface area contributed by atoms with Gasteiger partial charge < -0.3 is 5.32 Å². The summed E-state index contributed by atoms with van der Waals surface area (Å²) in [6.07, 6.45) is 4.93. The Balaban J connectivity index is 1.39. The molecule has 0 atom stereocenters. The average molecular weight is 297 g/mol. The molecular weight excluding hydrogens is 274 g/mol. The first-order chi connectivity index (χ1) is 10.7. The van der Waals surface area contributed by atoms with Crippen LogP contribution < -0.4 is 5.32 Å². The Morgan fingerprint density at radius 3 is 2.82 bits per heavy atom. The number of hydrogen-bond donors (Lipinski definition) is 1. The maximum Gasteiger partial charge on any atom is 0.220 e. The van der Waals surface area contributed by atoms with Crippen molar-refractivity contribution in [3.05, 3.63) is 53.3 Å². The summed E-state index contributed by atoms with van der Waals surface area (Å²) in [5.74, 6) is 0.794. The molecule has 0 bridgehead atoms. The Morgan fingerprint density at radius 2 is 2.09 bits per heavy atom. The molecule has 3 rings (SSSR count). The Morgan fingerprint density at radius 1 is 1.32 bits per heavy atom. The lowest BCUT2D eigenvalue weighted by Gasteiger charge is -2.03. The van der Waals surface area contributed by atoms with E-state index in [4.69, 9.17) is 0 Å². The first kappa shape index (κ1) is 14.8. The number of aromatic nitrogens is 2. The van der Waals surface area contributed by atoms with Crippen LogP contribution in [-0.2, 0) is 24.8 Å². The lowest BCUT2D eigenvalue weighted by Crippen LogP contribution is -2.22. The fourth-order valence-corrected chi connectivity index (χ4v) is 2.77. The smallest absolute Gasteiger partial charge is 0.220 e. The third kappa shape index (κ3) is 3.97. The van der Waals surface area contributed by atoms with Crippen LogP contribution in [0.4, 0.5) is 0 Å². The minimum absolute atomic E-state index is 0.106. The molecule has 116 valence electrons. The molecule has 1 N–H and O–H groups in total. The molecule has 0 unspecified atom stereocenters. The number of nitrogens with zero attached hydrogens (tertiary/aromatic N) is 2. The maximum absolute atomic E-state index is 11.9. The molecule has 4 nitrogen and oxygen atoms in total. The lowest BCUT2D eigenvalue weighted by molar-refractivity contribution is -0.121. The molecular formula is C18H23N3O. The molecule has 1 aromatic heterocycles. The van der Waals surface area contributed by atoms with Crippen molar-refractivity contribution >= 4 is 5.91 Å². The van der Waals surface area contributed by atoms with Crippen molar-refractivity contribution in [2.24, 2.45) is 7.05 Å². The van der Waals surface area contributed by atoms with Crippen LogP contribution in [0.1, 0.15) is 48.6 Å². The maximum atomic E-state index is 11.9. The van der Waals surface area contributed by atoms with Crippen molar-refractivity contribution in [1.82, 2.24) is 15.1 Å². The molecule has 0 saturated heterocycles. The van der Waals surface area contributed by atoms with Gasteiger partial charge in [-0.2, -0.15) is 5.10 Å². The highest BCUT2D eigenvalue weighted by Gasteiger charge is 2.27. The summed E-state index contributed by atoms with van der Waals surface area (Å²) >= 11 is 0. The normalized spacial score (nSPS) is 14.0. The third-order valence-electron chi connectivity index (χ3n) is 4.14. The summed E-state index contributed by atoms with van der Waals surface area (Å²) in [7, 11) is 1.98. The van der Waals surface area contributed by atoms with Gasteiger partial charge in [0.05, 0.1) is 12.2 Å². The second-order valence-corrected chi connectivity index (χ2v) is 6.07. The number of rotatable bonds is 7. The largest absolute Gasteiger partial charge is 0.350 e. The zero-order valence-electron chi connectivity index (χ0n) is 13.1. The summed E-state index contributed by atoms with van der Waals surface area (Å²) in [6, 6.07) is 12.4. The van der Waals surface area contributed by atoms with E-state index in [9.17, 15) is 4.79 Å². The monoisotopic (exact) mass is 297 g/mol. The predicted molar refractivity (Wildman–Crippen MR) is 86.4 cm³/mol. The van der Waals surface area contributed by atoms with Crippen LogP contribution in [0.15, 0.2) is 36.4 Å². The third-order valence-corrected chi connectivity index (χ3v) is 4.14. The van der Waals surface area contributed by atoms with Crippen LogP contribution >= 0.6 is 0 Å². The quantitative estimate of drug-likeness (QED) is 0.854. The van der Waals surface area contributed by atoms with Gasteiger partial charge in [-0.05, 0) is 37.3 Å². The molecule has 2 aromatic rings. The molecule has 22 heavy (non-hydrogen) atoms. The summed E-state index contributed by atoms with van der Waals surface area (Å²) in [6.45, 7) is 0.532. The first-order valence-electron chi connectivity index (χ1n) is 8.06. The summed E-state index contributed by atoms with van der Waals surface area (Å²) in [5, 5.41) is 7.44. The van der Waals surface area contributed by atoms with Crippen LogP contribution in [0, 0.1) is 0 Å². The molecule has 1 saturated carbocycles. The molecule has 1 amide bonds. The first-order valence-corrected chi connectivity index (χ1v) is 8.06. The number of nitrogens with one attached hydrogen (secondary N) is 1. The number of amides is 1. The van der Waals surface area contributed by atoms with Crippen LogP contribution in [0.5, 0.6) is 0 Å². The van der Waals surface area contributed by atoms with Crippen molar-refractivity contribution in [3.63, 3.8) is 0 Å². The minimum Gasteiger partial charge on any atom is -0.350 e. The van der Waals surface area contributed by atoms with E-state index in [0.29, 0.717) is 18.9 Å². The van der Waals surface area contributed by atoms with Gasteiger partial charge in [0, 0.05) is 25.1 Å². The Kier molecular flexibility index (Phi) is 4.56. The van der Waals surface area contributed by atoms with Crippen LogP contribution in [0.2, 0.25) is 0 Å². The van der Waals surface area contributed by atoms with Crippen molar-refractivity contribution in [2.45, 2.75) is 44.6 Å². The zero-order chi connectivity index (χ0) is 15.4. The minimum atomic E-state index is 0.106. The number of benzene rings is 1. The molecule has 1 fully saturated rings. The highest BCUT2D eigenvalue weighted by molar-refractivity contribution is 5.75. The summed E-state index contributed by atoms with van der Waals surface area (Å²) in [4.78, 5) is 11.9. The van der Waals surface area contributed by atoms with Crippen LogP contribution in [-0.4, -0.2) is 15.7 Å². The summed E-state index contributed by atoms with van der Waals surface area (Å²) < 4.78 is 1.95. The fourth-order valence-electron chi connectivity index (χ4n) is 2.77. The molecule has 0 radical (unpaired) electrons. The highest BCUT2D eigenvalue weighted by Crippen LogP contribution is 2.39. The van der Waals surface area contributed by atoms with E-state index in [1.54, 1.807) is 0 Å². The van der Waals surface area contributed by atoms with E-state index < -0.39 is 0 Å². The van der Waals surface area contributed by atoms with Crippen LogP contribution in [0.25, 0.3) is 0 Å². The van der Waals surface area contributed by atoms with E-state index >= 15 is 0 Å². The van der Waals surface area contributed by atoms with Gasteiger partial charge in [0.15, 0.2) is 0 Å². The van der Waals surface area contributed by atoms with Gasteiger partial charge in [-0.15, -0.1) is 0 Å². The van der Waals surface area contributed by atoms with E-state index in [1.807, 2.05) is 29.9 Å². The molecule has 4 heteroatoms. The zero-order valence-corrected chi connectivity index (χ0v) is 13.1. The van der Waals surface area contributed by atoms with E-state index in [0.717, 1.165) is 18.5 Å². The van der Waals surface area contributed by atoms with E-state index in [-0.39, 0.29) is 5.91 Å². The van der Waals surface area contributed by atoms with Crippen LogP contribution in [0.3, 0.4) is 0 Å². The SMILES string of the molecule is Cn1nc(CNC(=O)CCCc2ccccc2)cc1C1CC1. The molecule has 1 aromatic carbocycles. The average Bonchev–Trinajstić information content (AvgIpc) is 3.30. The predicted octanol–water partition coefficient (Wildman–Crippen LogP) is 2.94. The Labute approximate surface area is 131 Å². The van der Waals surface area contributed by atoms with Crippen molar-refractivity contribution in [2.75, 3.05) is 0 Å². The number of aryl methyl sites for hydroxylation is 2. The Bertz CT molecular complexity index is 629.